The van der Waals surface area contributed by atoms with Crippen LogP contribution in [0.1, 0.15) is 5.69 Å². The lowest BCUT2D eigenvalue weighted by molar-refractivity contribution is 0.573. The van der Waals surface area contributed by atoms with Crippen LogP contribution in [0.2, 0.25) is 5.02 Å². The van der Waals surface area contributed by atoms with Crippen molar-refractivity contribution in [3.8, 4) is 0 Å². The summed E-state index contributed by atoms with van der Waals surface area (Å²) in [5.74, 6) is -1.04. The summed E-state index contributed by atoms with van der Waals surface area (Å²) < 4.78 is 40.3. The van der Waals surface area contributed by atoms with Gasteiger partial charge in [0.1, 0.15) is 4.90 Å². The molecule has 1 aromatic carbocycles. The van der Waals surface area contributed by atoms with Gasteiger partial charge in [-0.1, -0.05) is 11.6 Å². The van der Waals surface area contributed by atoms with Crippen LogP contribution in [0, 0.1) is 12.7 Å². The molecule has 0 saturated heterocycles. The van der Waals surface area contributed by atoms with Crippen molar-refractivity contribution in [1.82, 2.24) is 4.98 Å². The molecular weight excluding hydrogens is 305 g/mol. The number of nitrogens with zero attached hydrogens (tertiary/aromatic N) is 1. The van der Waals surface area contributed by atoms with Crippen molar-refractivity contribution in [2.75, 3.05) is 10.5 Å². The minimum Gasteiger partial charge on any atom is -0.396 e. The number of sulfonamides is 1. The molecule has 0 amide bonds. The zero-order chi connectivity index (χ0) is 14.9. The van der Waals surface area contributed by atoms with Gasteiger partial charge in [0.2, 0.25) is 0 Å². The van der Waals surface area contributed by atoms with Crippen molar-refractivity contribution in [3.05, 3.63) is 47.0 Å². The monoisotopic (exact) mass is 315 g/mol. The highest BCUT2D eigenvalue weighted by atomic mass is 35.5. The Morgan fingerprint density at radius 1 is 1.35 bits per heavy atom. The summed E-state index contributed by atoms with van der Waals surface area (Å²) in [5, 5.41) is 0.0336. The predicted molar refractivity (Wildman–Crippen MR) is 75.6 cm³/mol. The average Bonchev–Trinajstić information content (AvgIpc) is 2.36. The van der Waals surface area contributed by atoms with Crippen LogP contribution in [-0.4, -0.2) is 13.4 Å². The van der Waals surface area contributed by atoms with E-state index in [1.807, 2.05) is 0 Å². The Hall–Kier alpha value is -1.86. The third-order valence-corrected chi connectivity index (χ3v) is 4.08. The van der Waals surface area contributed by atoms with Crippen molar-refractivity contribution < 1.29 is 12.8 Å². The second-order valence-electron chi connectivity index (χ2n) is 4.10. The number of nitrogens with one attached hydrogen (secondary N) is 1. The Bertz CT molecular complexity index is 748. The maximum Gasteiger partial charge on any atom is 0.265 e. The van der Waals surface area contributed by atoms with Crippen LogP contribution in [0.4, 0.5) is 15.8 Å². The van der Waals surface area contributed by atoms with E-state index in [0.29, 0.717) is 0 Å². The van der Waals surface area contributed by atoms with Gasteiger partial charge >= 0.3 is 0 Å². The molecule has 0 saturated carbocycles. The van der Waals surface area contributed by atoms with Gasteiger partial charge in [0, 0.05) is 10.7 Å². The van der Waals surface area contributed by atoms with E-state index in [4.69, 9.17) is 17.3 Å². The number of hydrogen-bond acceptors (Lipinski definition) is 4. The molecule has 8 heteroatoms. The fourth-order valence-corrected chi connectivity index (χ4v) is 2.99. The van der Waals surface area contributed by atoms with Crippen molar-refractivity contribution in [2.24, 2.45) is 0 Å². The molecule has 3 N–H and O–H groups in total. The zero-order valence-corrected chi connectivity index (χ0v) is 12.0. The first-order valence-corrected chi connectivity index (χ1v) is 7.36. The van der Waals surface area contributed by atoms with E-state index in [1.165, 1.54) is 12.3 Å². The van der Waals surface area contributed by atoms with Crippen LogP contribution in [0.5, 0.6) is 0 Å². The number of halogens is 2. The summed E-state index contributed by atoms with van der Waals surface area (Å²) in [4.78, 5) is 3.33. The quantitative estimate of drug-likeness (QED) is 0.852. The van der Waals surface area contributed by atoms with E-state index < -0.39 is 20.7 Å². The van der Waals surface area contributed by atoms with Gasteiger partial charge in [-0.25, -0.2) is 12.8 Å². The Morgan fingerprint density at radius 2 is 2.05 bits per heavy atom. The molecule has 0 fully saturated rings. The normalized spacial score (nSPS) is 11.3. The highest BCUT2D eigenvalue weighted by Gasteiger charge is 2.22. The molecule has 0 unspecified atom stereocenters. The van der Waals surface area contributed by atoms with Crippen molar-refractivity contribution >= 4 is 33.0 Å². The Balaban J connectivity index is 2.43. The minimum absolute atomic E-state index is 0.0336. The number of aromatic nitrogens is 1. The van der Waals surface area contributed by atoms with E-state index in [2.05, 4.69) is 9.71 Å². The Morgan fingerprint density at radius 3 is 2.65 bits per heavy atom. The van der Waals surface area contributed by atoms with E-state index in [0.717, 1.165) is 17.8 Å². The van der Waals surface area contributed by atoms with E-state index >= 15 is 0 Å². The molecule has 1 heterocycles. The van der Waals surface area contributed by atoms with Gasteiger partial charge in [-0.15, -0.1) is 0 Å². The van der Waals surface area contributed by atoms with Gasteiger partial charge in [0.25, 0.3) is 10.0 Å². The number of nitrogens with two attached hydrogens (primary N) is 1. The standard InChI is InChI=1S/C12H11ClFN3O2S/c1-7-2-3-9(6-16-7)17-20(18,19)11-5-8(13)4-10(15)12(11)14/h2-6,17H,15H2,1H3. The average molecular weight is 316 g/mol. The largest absolute Gasteiger partial charge is 0.396 e. The molecule has 0 aliphatic rings. The smallest absolute Gasteiger partial charge is 0.265 e. The number of hydrogen-bond donors (Lipinski definition) is 2. The first kappa shape index (κ1) is 14.5. The molecule has 2 aromatic rings. The van der Waals surface area contributed by atoms with E-state index in [9.17, 15) is 12.8 Å². The maximum absolute atomic E-state index is 13.8. The molecule has 0 spiro atoms. The van der Waals surface area contributed by atoms with Gasteiger partial charge in [0.05, 0.1) is 17.6 Å². The molecule has 20 heavy (non-hydrogen) atoms. The second-order valence-corrected chi connectivity index (χ2v) is 6.19. The molecule has 0 atom stereocenters. The molecule has 1 aromatic heterocycles. The van der Waals surface area contributed by atoms with Crippen LogP contribution in [0.15, 0.2) is 35.4 Å². The lowest BCUT2D eigenvalue weighted by Crippen LogP contribution is -2.15. The Labute approximate surface area is 120 Å². The number of benzene rings is 1. The van der Waals surface area contributed by atoms with E-state index in [1.54, 1.807) is 13.0 Å². The molecule has 0 aliphatic heterocycles. The highest BCUT2D eigenvalue weighted by Crippen LogP contribution is 2.26. The van der Waals surface area contributed by atoms with Gasteiger partial charge < -0.3 is 5.73 Å². The molecule has 2 rings (SSSR count). The first-order chi connectivity index (χ1) is 9.29. The molecule has 106 valence electrons. The third kappa shape index (κ3) is 3.00. The molecule has 5 nitrogen and oxygen atoms in total. The van der Waals surface area contributed by atoms with Gasteiger partial charge in [-0.3, -0.25) is 9.71 Å². The van der Waals surface area contributed by atoms with Crippen LogP contribution >= 0.6 is 11.6 Å². The zero-order valence-electron chi connectivity index (χ0n) is 10.4. The van der Waals surface area contributed by atoms with Crippen LogP contribution in [0.25, 0.3) is 0 Å². The molecule has 0 bridgehead atoms. The fraction of sp³-hybridized carbons (Fsp3) is 0.0833. The predicted octanol–water partition coefficient (Wildman–Crippen LogP) is 2.57. The summed E-state index contributed by atoms with van der Waals surface area (Å²) in [7, 11) is -4.13. The maximum atomic E-state index is 13.8. The molecule has 0 aliphatic carbocycles. The summed E-state index contributed by atoms with van der Waals surface area (Å²) in [6, 6.07) is 5.28. The second kappa shape index (κ2) is 5.26. The van der Waals surface area contributed by atoms with Crippen LogP contribution < -0.4 is 10.5 Å². The van der Waals surface area contributed by atoms with Crippen molar-refractivity contribution in [2.45, 2.75) is 11.8 Å². The number of aryl methyl sites for hydroxylation is 1. The van der Waals surface area contributed by atoms with Crippen molar-refractivity contribution in [1.29, 1.82) is 0 Å². The summed E-state index contributed by atoms with van der Waals surface area (Å²) in [5.41, 5.74) is 5.98. The lowest BCUT2D eigenvalue weighted by atomic mass is 10.3. The van der Waals surface area contributed by atoms with Crippen LogP contribution in [0.3, 0.4) is 0 Å². The summed E-state index contributed by atoms with van der Waals surface area (Å²) in [6.45, 7) is 1.76. The third-order valence-electron chi connectivity index (χ3n) is 2.49. The van der Waals surface area contributed by atoms with Crippen LogP contribution in [-0.2, 0) is 10.0 Å². The first-order valence-electron chi connectivity index (χ1n) is 5.49. The number of pyridine rings is 1. The number of nitrogen functional groups attached to an aromatic ring is 1. The van der Waals surface area contributed by atoms with Crippen molar-refractivity contribution in [3.63, 3.8) is 0 Å². The SMILES string of the molecule is Cc1ccc(NS(=O)(=O)c2cc(Cl)cc(N)c2F)cn1. The fourth-order valence-electron chi connectivity index (χ4n) is 1.52. The van der Waals surface area contributed by atoms with Gasteiger partial charge in [0.15, 0.2) is 5.82 Å². The topological polar surface area (TPSA) is 85.1 Å². The summed E-state index contributed by atoms with van der Waals surface area (Å²) >= 11 is 5.70. The van der Waals surface area contributed by atoms with E-state index in [-0.39, 0.29) is 16.4 Å². The molecule has 0 radical (unpaired) electrons. The highest BCUT2D eigenvalue weighted by molar-refractivity contribution is 7.92. The lowest BCUT2D eigenvalue weighted by Gasteiger charge is -2.10. The van der Waals surface area contributed by atoms with Gasteiger partial charge in [-0.05, 0) is 31.2 Å². The molecular formula is C12H11ClFN3O2S. The minimum atomic E-state index is -4.13. The van der Waals surface area contributed by atoms with Gasteiger partial charge in [-0.2, -0.15) is 0 Å². The number of rotatable bonds is 3. The number of anilines is 2. The Kier molecular flexibility index (Phi) is 3.82. The summed E-state index contributed by atoms with van der Waals surface area (Å²) in [6.07, 6.45) is 1.33.